The number of hydrogen-bond donors (Lipinski definition) is 1. The molecule has 1 saturated heterocycles. The zero-order valence-corrected chi connectivity index (χ0v) is 12.8. The molecule has 7 heteroatoms. The van der Waals surface area contributed by atoms with Crippen molar-refractivity contribution in [2.24, 2.45) is 0 Å². The molecule has 3 heterocycles. The summed E-state index contributed by atoms with van der Waals surface area (Å²) in [6, 6.07) is 2.08. The van der Waals surface area contributed by atoms with Crippen molar-refractivity contribution in [1.82, 2.24) is 19.5 Å². The van der Waals surface area contributed by atoms with Crippen LogP contribution in [0.1, 0.15) is 12.1 Å². The van der Waals surface area contributed by atoms with Crippen molar-refractivity contribution < 1.29 is 4.74 Å². The summed E-state index contributed by atoms with van der Waals surface area (Å²) in [6.45, 7) is 4.86. The van der Waals surface area contributed by atoms with E-state index in [-0.39, 0.29) is 0 Å². The van der Waals surface area contributed by atoms with Gasteiger partial charge in [-0.15, -0.1) is 0 Å². The van der Waals surface area contributed by atoms with E-state index in [2.05, 4.69) is 37.0 Å². The lowest BCUT2D eigenvalue weighted by molar-refractivity contribution is 0.0374. The van der Waals surface area contributed by atoms with Crippen molar-refractivity contribution in [1.29, 1.82) is 0 Å². The van der Waals surface area contributed by atoms with E-state index in [1.807, 2.05) is 4.52 Å². The van der Waals surface area contributed by atoms with Crippen LogP contribution in [0.15, 0.2) is 16.9 Å². The van der Waals surface area contributed by atoms with Crippen LogP contribution in [0.3, 0.4) is 0 Å². The zero-order chi connectivity index (χ0) is 13.9. The molecule has 0 unspecified atom stereocenters. The predicted molar refractivity (Wildman–Crippen MR) is 80.7 cm³/mol. The molecule has 108 valence electrons. The van der Waals surface area contributed by atoms with Gasteiger partial charge >= 0.3 is 0 Å². The minimum atomic E-state index is 0.506. The lowest BCUT2D eigenvalue weighted by Crippen LogP contribution is -2.37. The van der Waals surface area contributed by atoms with E-state index >= 15 is 0 Å². The largest absolute Gasteiger partial charge is 0.382 e. The Bertz CT molecular complexity index is 594. The molecule has 0 radical (unpaired) electrons. The summed E-state index contributed by atoms with van der Waals surface area (Å²) in [6.07, 6.45) is 3.57. The molecule has 0 atom stereocenters. The van der Waals surface area contributed by atoms with Gasteiger partial charge in [-0.2, -0.15) is 5.10 Å². The van der Waals surface area contributed by atoms with Crippen molar-refractivity contribution in [3.63, 3.8) is 0 Å². The van der Waals surface area contributed by atoms with Crippen LogP contribution < -0.4 is 5.73 Å². The molecule has 20 heavy (non-hydrogen) atoms. The minimum Gasteiger partial charge on any atom is -0.382 e. The maximum absolute atomic E-state index is 5.89. The van der Waals surface area contributed by atoms with E-state index < -0.39 is 0 Å². The predicted octanol–water partition coefficient (Wildman–Crippen LogP) is 1.34. The van der Waals surface area contributed by atoms with Crippen LogP contribution in [0.4, 0.5) is 5.82 Å². The monoisotopic (exact) mass is 339 g/mol. The summed E-state index contributed by atoms with van der Waals surface area (Å²) in [4.78, 5) is 6.47. The summed E-state index contributed by atoms with van der Waals surface area (Å²) >= 11 is 3.53. The number of nitrogen functional groups attached to an aromatic ring is 1. The second-order valence-corrected chi connectivity index (χ2v) is 5.80. The molecule has 2 N–H and O–H groups in total. The Kier molecular flexibility index (Phi) is 4.18. The first-order chi connectivity index (χ1) is 9.75. The quantitative estimate of drug-likeness (QED) is 0.910. The molecule has 2 aromatic rings. The second-order valence-electron chi connectivity index (χ2n) is 4.95. The molecule has 3 rings (SSSR count). The average Bonchev–Trinajstić information content (AvgIpc) is 2.78. The van der Waals surface area contributed by atoms with Crippen molar-refractivity contribution >= 4 is 27.3 Å². The standard InChI is InChI=1S/C13H18BrN5O/c14-11-8-10(19-12(11)13(15)16-9-17-19)2-1-3-18-4-6-20-7-5-18/h8-9H,1-7H2,(H2,15,16,17). The Hall–Kier alpha value is -1.18. The molecule has 0 saturated carbocycles. The first kappa shape index (κ1) is 13.8. The molecule has 1 aliphatic heterocycles. The summed E-state index contributed by atoms with van der Waals surface area (Å²) in [7, 11) is 0. The summed E-state index contributed by atoms with van der Waals surface area (Å²) < 4.78 is 8.19. The molecule has 1 aliphatic rings. The van der Waals surface area contributed by atoms with Crippen LogP contribution in [0.25, 0.3) is 5.52 Å². The number of halogens is 1. The van der Waals surface area contributed by atoms with Gasteiger partial charge in [-0.05, 0) is 41.4 Å². The van der Waals surface area contributed by atoms with Gasteiger partial charge in [-0.25, -0.2) is 9.50 Å². The van der Waals surface area contributed by atoms with Gasteiger partial charge in [-0.1, -0.05) is 0 Å². The van der Waals surface area contributed by atoms with Gasteiger partial charge in [0, 0.05) is 23.3 Å². The number of aryl methyl sites for hydroxylation is 1. The van der Waals surface area contributed by atoms with Gasteiger partial charge in [0.2, 0.25) is 0 Å². The fourth-order valence-corrected chi connectivity index (χ4v) is 3.21. The number of fused-ring (bicyclic) bond motifs is 1. The van der Waals surface area contributed by atoms with Gasteiger partial charge in [0.15, 0.2) is 5.82 Å². The highest BCUT2D eigenvalue weighted by Gasteiger charge is 2.13. The van der Waals surface area contributed by atoms with Crippen LogP contribution in [0.2, 0.25) is 0 Å². The van der Waals surface area contributed by atoms with Gasteiger partial charge in [0.05, 0.1) is 13.2 Å². The number of morpholine rings is 1. The van der Waals surface area contributed by atoms with Gasteiger partial charge in [0.1, 0.15) is 11.8 Å². The average molecular weight is 340 g/mol. The topological polar surface area (TPSA) is 68.7 Å². The SMILES string of the molecule is Nc1ncnn2c(CCCN3CCOCC3)cc(Br)c12. The summed E-state index contributed by atoms with van der Waals surface area (Å²) in [5.74, 6) is 0.506. The highest BCUT2D eigenvalue weighted by atomic mass is 79.9. The van der Waals surface area contributed by atoms with Crippen LogP contribution in [0.5, 0.6) is 0 Å². The molecule has 0 bridgehead atoms. The first-order valence-corrected chi connectivity index (χ1v) is 7.61. The third-order valence-electron chi connectivity index (χ3n) is 3.62. The van der Waals surface area contributed by atoms with E-state index in [1.165, 1.54) is 6.33 Å². The highest BCUT2D eigenvalue weighted by Crippen LogP contribution is 2.25. The number of hydrogen-bond acceptors (Lipinski definition) is 5. The normalized spacial score (nSPS) is 16.9. The molecule has 0 spiro atoms. The fraction of sp³-hybridized carbons (Fsp3) is 0.538. The van der Waals surface area contributed by atoms with Gasteiger partial charge in [0.25, 0.3) is 0 Å². The molecular weight excluding hydrogens is 322 g/mol. The first-order valence-electron chi connectivity index (χ1n) is 6.82. The Morgan fingerprint density at radius 1 is 1.35 bits per heavy atom. The van der Waals surface area contributed by atoms with Crippen LogP contribution in [-0.4, -0.2) is 52.3 Å². The molecule has 2 aromatic heterocycles. The number of ether oxygens (including phenoxy) is 1. The molecular formula is C13H18BrN5O. The smallest absolute Gasteiger partial charge is 0.152 e. The molecule has 0 amide bonds. The minimum absolute atomic E-state index is 0.506. The van der Waals surface area contributed by atoms with Crippen LogP contribution in [-0.2, 0) is 11.2 Å². The Morgan fingerprint density at radius 2 is 2.15 bits per heavy atom. The lowest BCUT2D eigenvalue weighted by Gasteiger charge is -2.26. The number of nitrogens with zero attached hydrogens (tertiary/aromatic N) is 4. The second kappa shape index (κ2) is 6.07. The maximum atomic E-state index is 5.89. The Labute approximate surface area is 126 Å². The number of aromatic nitrogens is 3. The number of rotatable bonds is 4. The Morgan fingerprint density at radius 3 is 2.95 bits per heavy atom. The fourth-order valence-electron chi connectivity index (χ4n) is 2.57. The van der Waals surface area contributed by atoms with E-state index in [4.69, 9.17) is 10.5 Å². The Balaban J connectivity index is 1.67. The van der Waals surface area contributed by atoms with Gasteiger partial charge in [-0.3, -0.25) is 4.90 Å². The van der Waals surface area contributed by atoms with Crippen LogP contribution >= 0.6 is 15.9 Å². The van der Waals surface area contributed by atoms with Crippen molar-refractivity contribution in [3.8, 4) is 0 Å². The van der Waals surface area contributed by atoms with E-state index in [9.17, 15) is 0 Å². The van der Waals surface area contributed by atoms with E-state index in [0.29, 0.717) is 5.82 Å². The van der Waals surface area contributed by atoms with E-state index in [0.717, 1.165) is 61.4 Å². The molecule has 1 fully saturated rings. The van der Waals surface area contributed by atoms with Crippen molar-refractivity contribution in [3.05, 3.63) is 22.6 Å². The third kappa shape index (κ3) is 2.79. The van der Waals surface area contributed by atoms with Gasteiger partial charge < -0.3 is 10.5 Å². The molecule has 0 aliphatic carbocycles. The third-order valence-corrected chi connectivity index (χ3v) is 4.23. The van der Waals surface area contributed by atoms with E-state index in [1.54, 1.807) is 0 Å². The number of anilines is 1. The number of nitrogens with two attached hydrogens (primary N) is 1. The summed E-state index contributed by atoms with van der Waals surface area (Å²) in [5, 5.41) is 4.29. The lowest BCUT2D eigenvalue weighted by atomic mass is 10.2. The molecule has 0 aromatic carbocycles. The maximum Gasteiger partial charge on any atom is 0.152 e. The zero-order valence-electron chi connectivity index (χ0n) is 11.3. The summed E-state index contributed by atoms with van der Waals surface area (Å²) in [5.41, 5.74) is 7.91. The van der Waals surface area contributed by atoms with Crippen molar-refractivity contribution in [2.75, 3.05) is 38.6 Å². The highest BCUT2D eigenvalue weighted by molar-refractivity contribution is 9.10. The molecule has 6 nitrogen and oxygen atoms in total. The van der Waals surface area contributed by atoms with Crippen molar-refractivity contribution in [2.45, 2.75) is 12.8 Å². The van der Waals surface area contributed by atoms with Crippen LogP contribution in [0, 0.1) is 0 Å².